The molecule has 4 nitrogen and oxygen atoms in total. The summed E-state index contributed by atoms with van der Waals surface area (Å²) in [5, 5.41) is 12.7. The van der Waals surface area contributed by atoms with Crippen LogP contribution in [0.3, 0.4) is 0 Å². The van der Waals surface area contributed by atoms with Gasteiger partial charge in [-0.15, -0.1) is 0 Å². The molecule has 0 aliphatic rings. The van der Waals surface area contributed by atoms with Crippen LogP contribution >= 0.6 is 27.5 Å². The molecular weight excluding hydrogens is 438 g/mol. The van der Waals surface area contributed by atoms with Gasteiger partial charge in [-0.25, -0.2) is 0 Å². The quantitative estimate of drug-likeness (QED) is 0.385. The van der Waals surface area contributed by atoms with Crippen molar-refractivity contribution >= 4 is 45.2 Å². The number of anilines is 1. The maximum atomic E-state index is 12.5. The van der Waals surface area contributed by atoms with Gasteiger partial charge in [0, 0.05) is 32.3 Å². The fraction of sp³-hybridized carbons (Fsp3) is 0.0909. The van der Waals surface area contributed by atoms with E-state index in [1.54, 1.807) is 30.3 Å². The molecule has 0 unspecified atom stereocenters. The van der Waals surface area contributed by atoms with Crippen molar-refractivity contribution in [2.75, 3.05) is 5.32 Å². The summed E-state index contributed by atoms with van der Waals surface area (Å²) < 4.78 is 3.09. The van der Waals surface area contributed by atoms with Crippen LogP contribution in [0, 0.1) is 25.2 Å². The molecule has 0 saturated carbocycles. The topological polar surface area (TPSA) is 57.8 Å². The first kappa shape index (κ1) is 19.9. The molecule has 140 valence electrons. The largest absolute Gasteiger partial charge is 0.321 e. The number of halogens is 2. The number of nitrogens with zero attached hydrogens (tertiary/aromatic N) is 2. The standard InChI is InChI=1S/C22H17BrClN3O/c1-14-10-16(15(2)27(14)21-8-6-18(23)7-9-21)11-17(13-25)22(28)26-20-5-3-4-19(24)12-20/h3-12H,1-2H3,(H,26,28)/b17-11+. The van der Waals surface area contributed by atoms with Crippen LogP contribution in [0.25, 0.3) is 11.8 Å². The molecule has 3 aromatic rings. The zero-order chi connectivity index (χ0) is 20.3. The number of aryl methyl sites for hydroxylation is 1. The summed E-state index contributed by atoms with van der Waals surface area (Å²) in [7, 11) is 0. The molecule has 1 amide bonds. The summed E-state index contributed by atoms with van der Waals surface area (Å²) in [6.07, 6.45) is 1.61. The Bertz CT molecular complexity index is 1110. The second kappa shape index (κ2) is 8.47. The minimum atomic E-state index is -0.474. The Morgan fingerprint density at radius 2 is 1.89 bits per heavy atom. The highest BCUT2D eigenvalue weighted by molar-refractivity contribution is 9.10. The highest BCUT2D eigenvalue weighted by atomic mass is 79.9. The van der Waals surface area contributed by atoms with Gasteiger partial charge in [0.05, 0.1) is 0 Å². The van der Waals surface area contributed by atoms with E-state index in [4.69, 9.17) is 11.6 Å². The van der Waals surface area contributed by atoms with Crippen molar-refractivity contribution in [2.45, 2.75) is 13.8 Å². The molecule has 0 bridgehead atoms. The van der Waals surface area contributed by atoms with Gasteiger partial charge in [0.1, 0.15) is 11.6 Å². The first-order valence-electron chi connectivity index (χ1n) is 8.52. The van der Waals surface area contributed by atoms with Crippen molar-refractivity contribution in [3.63, 3.8) is 0 Å². The summed E-state index contributed by atoms with van der Waals surface area (Å²) >= 11 is 9.39. The van der Waals surface area contributed by atoms with Gasteiger partial charge in [-0.05, 0) is 74.0 Å². The van der Waals surface area contributed by atoms with Gasteiger partial charge in [-0.3, -0.25) is 4.79 Å². The van der Waals surface area contributed by atoms with Crippen molar-refractivity contribution in [1.29, 1.82) is 5.26 Å². The number of benzene rings is 2. The van der Waals surface area contributed by atoms with Crippen LogP contribution in [0.5, 0.6) is 0 Å². The van der Waals surface area contributed by atoms with E-state index < -0.39 is 5.91 Å². The maximum Gasteiger partial charge on any atom is 0.266 e. The molecule has 0 radical (unpaired) electrons. The lowest BCUT2D eigenvalue weighted by molar-refractivity contribution is -0.112. The number of carbonyl (C=O) groups is 1. The first-order chi connectivity index (χ1) is 13.4. The van der Waals surface area contributed by atoms with Crippen LogP contribution in [0.2, 0.25) is 5.02 Å². The van der Waals surface area contributed by atoms with E-state index in [-0.39, 0.29) is 5.57 Å². The molecule has 0 atom stereocenters. The Morgan fingerprint density at radius 3 is 2.54 bits per heavy atom. The second-order valence-corrected chi connectivity index (χ2v) is 7.62. The predicted octanol–water partition coefficient (Wildman–Crippen LogP) is 6.06. The third-order valence-electron chi connectivity index (χ3n) is 4.30. The molecule has 0 saturated heterocycles. The van der Waals surface area contributed by atoms with Crippen LogP contribution in [0.4, 0.5) is 5.69 Å². The van der Waals surface area contributed by atoms with E-state index in [0.29, 0.717) is 10.7 Å². The fourth-order valence-electron chi connectivity index (χ4n) is 2.99. The summed E-state index contributed by atoms with van der Waals surface area (Å²) in [5.41, 5.74) is 4.36. The number of amides is 1. The molecular formula is C22H17BrClN3O. The first-order valence-corrected chi connectivity index (χ1v) is 9.69. The average Bonchev–Trinajstić information content (AvgIpc) is 2.94. The van der Waals surface area contributed by atoms with Crippen molar-refractivity contribution in [3.05, 3.63) is 86.6 Å². The summed E-state index contributed by atoms with van der Waals surface area (Å²) in [6, 6.07) is 18.7. The average molecular weight is 455 g/mol. The van der Waals surface area contributed by atoms with E-state index in [1.165, 1.54) is 0 Å². The minimum Gasteiger partial charge on any atom is -0.321 e. The number of hydrogen-bond donors (Lipinski definition) is 1. The highest BCUT2D eigenvalue weighted by Crippen LogP contribution is 2.24. The van der Waals surface area contributed by atoms with Gasteiger partial charge in [0.15, 0.2) is 0 Å². The highest BCUT2D eigenvalue weighted by Gasteiger charge is 2.14. The van der Waals surface area contributed by atoms with Crippen molar-refractivity contribution in [1.82, 2.24) is 4.57 Å². The smallest absolute Gasteiger partial charge is 0.266 e. The number of rotatable bonds is 4. The molecule has 0 aliphatic carbocycles. The summed E-state index contributed by atoms with van der Waals surface area (Å²) in [6.45, 7) is 3.95. The molecule has 6 heteroatoms. The molecule has 28 heavy (non-hydrogen) atoms. The Kier molecular flexibility index (Phi) is 6.03. The van der Waals surface area contributed by atoms with Gasteiger partial charge in [-0.2, -0.15) is 5.26 Å². The summed E-state index contributed by atoms with van der Waals surface area (Å²) in [5.74, 6) is -0.474. The lowest BCUT2D eigenvalue weighted by Crippen LogP contribution is -2.13. The van der Waals surface area contributed by atoms with Crippen LogP contribution in [0.1, 0.15) is 17.0 Å². The Balaban J connectivity index is 1.93. The normalized spacial score (nSPS) is 11.2. The van der Waals surface area contributed by atoms with E-state index in [9.17, 15) is 10.1 Å². The number of aromatic nitrogens is 1. The molecule has 3 rings (SSSR count). The van der Waals surface area contributed by atoms with Gasteiger partial charge >= 0.3 is 0 Å². The number of nitrogens with one attached hydrogen (secondary N) is 1. The van der Waals surface area contributed by atoms with Crippen LogP contribution in [0.15, 0.2) is 64.6 Å². The number of hydrogen-bond acceptors (Lipinski definition) is 2. The molecule has 1 N–H and O–H groups in total. The predicted molar refractivity (Wildman–Crippen MR) is 117 cm³/mol. The van der Waals surface area contributed by atoms with E-state index in [2.05, 4.69) is 25.8 Å². The lowest BCUT2D eigenvalue weighted by atomic mass is 10.1. The molecule has 0 spiro atoms. The van der Waals surface area contributed by atoms with Gasteiger partial charge in [-0.1, -0.05) is 33.6 Å². The van der Waals surface area contributed by atoms with E-state index >= 15 is 0 Å². The maximum absolute atomic E-state index is 12.5. The fourth-order valence-corrected chi connectivity index (χ4v) is 3.44. The monoisotopic (exact) mass is 453 g/mol. The molecule has 0 aliphatic heterocycles. The van der Waals surface area contributed by atoms with E-state index in [0.717, 1.165) is 27.1 Å². The van der Waals surface area contributed by atoms with Crippen LogP contribution in [-0.4, -0.2) is 10.5 Å². The molecule has 2 aromatic carbocycles. The van der Waals surface area contributed by atoms with E-state index in [1.807, 2.05) is 50.2 Å². The van der Waals surface area contributed by atoms with Gasteiger partial charge in [0.25, 0.3) is 5.91 Å². The third-order valence-corrected chi connectivity index (χ3v) is 5.07. The van der Waals surface area contributed by atoms with Crippen molar-refractivity contribution in [2.24, 2.45) is 0 Å². The zero-order valence-corrected chi connectivity index (χ0v) is 17.7. The lowest BCUT2D eigenvalue weighted by Gasteiger charge is -2.10. The van der Waals surface area contributed by atoms with Crippen molar-refractivity contribution < 1.29 is 4.79 Å². The van der Waals surface area contributed by atoms with Crippen molar-refractivity contribution in [3.8, 4) is 11.8 Å². The zero-order valence-electron chi connectivity index (χ0n) is 15.3. The third kappa shape index (κ3) is 4.36. The second-order valence-electron chi connectivity index (χ2n) is 6.27. The van der Waals surface area contributed by atoms with Gasteiger partial charge < -0.3 is 9.88 Å². The Hall–Kier alpha value is -2.81. The van der Waals surface area contributed by atoms with Crippen LogP contribution < -0.4 is 5.32 Å². The SMILES string of the molecule is Cc1cc(/C=C(\C#N)C(=O)Nc2cccc(Cl)c2)c(C)n1-c1ccc(Br)cc1. The van der Waals surface area contributed by atoms with Gasteiger partial charge in [0.2, 0.25) is 0 Å². The minimum absolute atomic E-state index is 0.0241. The number of nitriles is 1. The molecule has 1 heterocycles. The molecule has 1 aromatic heterocycles. The summed E-state index contributed by atoms with van der Waals surface area (Å²) in [4.78, 5) is 12.5. The Labute approximate surface area is 177 Å². The number of carbonyl (C=O) groups excluding carboxylic acids is 1. The van der Waals surface area contributed by atoms with Crippen LogP contribution in [-0.2, 0) is 4.79 Å². The Morgan fingerprint density at radius 1 is 1.18 bits per heavy atom. The molecule has 0 fully saturated rings.